The number of tetrazole rings is 1. The summed E-state index contributed by atoms with van der Waals surface area (Å²) in [6.45, 7) is 4.11. The maximum absolute atomic E-state index is 12.1. The molecule has 2 aromatic rings. The minimum Gasteiger partial charge on any atom is -0.356 e. The van der Waals surface area contributed by atoms with Crippen molar-refractivity contribution in [2.75, 3.05) is 13.1 Å². The average Bonchev–Trinajstić information content (AvgIpc) is 3.21. The number of nitrogens with one attached hydrogen (secondary N) is 1. The van der Waals surface area contributed by atoms with Gasteiger partial charge in [0.05, 0.1) is 6.54 Å². The summed E-state index contributed by atoms with van der Waals surface area (Å²) in [5.41, 5.74) is 4.34. The van der Waals surface area contributed by atoms with Crippen LogP contribution in [0.3, 0.4) is 0 Å². The Hall–Kier alpha value is -2.54. The highest BCUT2D eigenvalue weighted by Gasteiger charge is 2.18. The number of aromatic nitrogens is 4. The van der Waals surface area contributed by atoms with Crippen LogP contribution in [0.2, 0.25) is 0 Å². The maximum Gasteiger partial charge on any atom is 0.220 e. The van der Waals surface area contributed by atoms with Crippen LogP contribution in [0.1, 0.15) is 61.9 Å². The molecule has 30 heavy (non-hydrogen) atoms. The molecule has 1 N–H and O–H groups in total. The standard InChI is InChI=1S/C23H32N6O/c30-23(24-14-12-19-7-2-1-3-8-19)11-6-15-29-22(25-26-27-29)18-28-16-13-20-9-4-5-10-21(20)17-28/h4-5,7,9-10H,1-3,6,8,11-18H2,(H,24,30). The van der Waals surface area contributed by atoms with Gasteiger partial charge in [-0.15, -0.1) is 5.10 Å². The van der Waals surface area contributed by atoms with E-state index >= 15 is 0 Å². The third kappa shape index (κ3) is 5.75. The van der Waals surface area contributed by atoms with Gasteiger partial charge < -0.3 is 5.32 Å². The van der Waals surface area contributed by atoms with Crippen molar-refractivity contribution < 1.29 is 4.79 Å². The number of carbonyl (C=O) groups is 1. The maximum atomic E-state index is 12.1. The lowest BCUT2D eigenvalue weighted by molar-refractivity contribution is -0.121. The SMILES string of the molecule is O=C(CCCn1nnnc1CN1CCc2ccccc2C1)NCCC1=CCCCC1. The smallest absolute Gasteiger partial charge is 0.220 e. The fourth-order valence-corrected chi connectivity index (χ4v) is 4.37. The van der Waals surface area contributed by atoms with E-state index < -0.39 is 0 Å². The third-order valence-electron chi connectivity index (χ3n) is 6.11. The molecule has 0 radical (unpaired) electrons. The van der Waals surface area contributed by atoms with Crippen molar-refractivity contribution in [2.45, 2.75) is 71.0 Å². The zero-order chi connectivity index (χ0) is 20.6. The van der Waals surface area contributed by atoms with E-state index in [9.17, 15) is 4.79 Å². The molecule has 0 spiro atoms. The second kappa shape index (κ2) is 10.5. The quantitative estimate of drug-likeness (QED) is 0.646. The van der Waals surface area contributed by atoms with Crippen LogP contribution in [-0.4, -0.2) is 44.1 Å². The number of rotatable bonds is 9. The highest BCUT2D eigenvalue weighted by atomic mass is 16.1. The van der Waals surface area contributed by atoms with Gasteiger partial charge in [0.15, 0.2) is 5.82 Å². The van der Waals surface area contributed by atoms with Crippen LogP contribution in [0.4, 0.5) is 0 Å². The van der Waals surface area contributed by atoms with Crippen LogP contribution >= 0.6 is 0 Å². The van der Waals surface area contributed by atoms with Crippen molar-refractivity contribution in [1.29, 1.82) is 0 Å². The summed E-state index contributed by atoms with van der Waals surface area (Å²) < 4.78 is 1.85. The van der Waals surface area contributed by atoms with E-state index in [1.165, 1.54) is 42.4 Å². The van der Waals surface area contributed by atoms with Gasteiger partial charge in [0, 0.05) is 32.6 Å². The first kappa shape index (κ1) is 20.7. The first-order valence-electron chi connectivity index (χ1n) is 11.3. The zero-order valence-corrected chi connectivity index (χ0v) is 17.7. The average molecular weight is 409 g/mol. The largest absolute Gasteiger partial charge is 0.356 e. The Balaban J connectivity index is 1.18. The lowest BCUT2D eigenvalue weighted by atomic mass is 9.97. The highest BCUT2D eigenvalue weighted by molar-refractivity contribution is 5.75. The number of benzene rings is 1. The fraction of sp³-hybridized carbons (Fsp3) is 0.565. The molecule has 160 valence electrons. The molecule has 1 aromatic carbocycles. The van der Waals surface area contributed by atoms with Gasteiger partial charge in [0.2, 0.25) is 5.91 Å². The monoisotopic (exact) mass is 408 g/mol. The number of fused-ring (bicyclic) bond motifs is 1. The predicted octanol–water partition coefficient (Wildman–Crippen LogP) is 3.02. The molecule has 1 aromatic heterocycles. The molecule has 1 aliphatic heterocycles. The topological polar surface area (TPSA) is 75.9 Å². The van der Waals surface area contributed by atoms with Crippen molar-refractivity contribution >= 4 is 5.91 Å². The van der Waals surface area contributed by atoms with Crippen molar-refractivity contribution in [1.82, 2.24) is 30.4 Å². The minimum absolute atomic E-state index is 0.119. The number of aryl methyl sites for hydroxylation is 1. The molecule has 0 atom stereocenters. The van der Waals surface area contributed by atoms with Crippen molar-refractivity contribution in [3.8, 4) is 0 Å². The number of hydrogen-bond acceptors (Lipinski definition) is 5. The van der Waals surface area contributed by atoms with Crippen LogP contribution in [0.5, 0.6) is 0 Å². The predicted molar refractivity (Wildman–Crippen MR) is 115 cm³/mol. The number of carbonyl (C=O) groups excluding carboxylic acids is 1. The van der Waals surface area contributed by atoms with E-state index in [4.69, 9.17) is 0 Å². The van der Waals surface area contributed by atoms with Gasteiger partial charge >= 0.3 is 0 Å². The molecule has 7 nitrogen and oxygen atoms in total. The van der Waals surface area contributed by atoms with Gasteiger partial charge in [-0.2, -0.15) is 0 Å². The first-order chi connectivity index (χ1) is 14.8. The van der Waals surface area contributed by atoms with Crippen LogP contribution < -0.4 is 5.32 Å². The molecule has 0 unspecified atom stereocenters. The molecule has 2 aliphatic rings. The first-order valence-corrected chi connectivity index (χ1v) is 11.3. The van der Waals surface area contributed by atoms with E-state index in [-0.39, 0.29) is 5.91 Å². The van der Waals surface area contributed by atoms with Crippen molar-refractivity contribution in [2.24, 2.45) is 0 Å². The number of hydrogen-bond donors (Lipinski definition) is 1. The zero-order valence-electron chi connectivity index (χ0n) is 17.7. The van der Waals surface area contributed by atoms with Crippen LogP contribution in [-0.2, 0) is 30.8 Å². The highest BCUT2D eigenvalue weighted by Crippen LogP contribution is 2.20. The molecular weight excluding hydrogens is 376 g/mol. The Morgan fingerprint density at radius 3 is 2.90 bits per heavy atom. The van der Waals surface area contributed by atoms with Gasteiger partial charge in [-0.05, 0) is 66.5 Å². The summed E-state index contributed by atoms with van der Waals surface area (Å²) in [7, 11) is 0. The second-order valence-corrected chi connectivity index (χ2v) is 8.36. The molecule has 4 rings (SSSR count). The van der Waals surface area contributed by atoms with Gasteiger partial charge in [-0.3, -0.25) is 9.69 Å². The van der Waals surface area contributed by atoms with Gasteiger partial charge in [0.1, 0.15) is 0 Å². The Kier molecular flexibility index (Phi) is 7.24. The molecule has 0 bridgehead atoms. The molecule has 0 saturated heterocycles. The van der Waals surface area contributed by atoms with Gasteiger partial charge in [0.25, 0.3) is 0 Å². The molecule has 2 heterocycles. The lowest BCUT2D eigenvalue weighted by Crippen LogP contribution is -2.31. The summed E-state index contributed by atoms with van der Waals surface area (Å²) in [5, 5.41) is 15.3. The van der Waals surface area contributed by atoms with Crippen LogP contribution in [0.25, 0.3) is 0 Å². The normalized spacial score (nSPS) is 16.7. The third-order valence-corrected chi connectivity index (χ3v) is 6.11. The van der Waals surface area contributed by atoms with E-state index in [0.29, 0.717) is 13.0 Å². The van der Waals surface area contributed by atoms with Gasteiger partial charge in [-0.1, -0.05) is 35.9 Å². The Bertz CT molecular complexity index is 874. The number of amides is 1. The molecule has 1 aliphatic carbocycles. The molecule has 7 heteroatoms. The van der Waals surface area contributed by atoms with E-state index in [1.54, 1.807) is 0 Å². The second-order valence-electron chi connectivity index (χ2n) is 8.36. The van der Waals surface area contributed by atoms with Crippen LogP contribution in [0.15, 0.2) is 35.9 Å². The number of allylic oxidation sites excluding steroid dienone is 1. The summed E-state index contributed by atoms with van der Waals surface area (Å²) >= 11 is 0. The summed E-state index contributed by atoms with van der Waals surface area (Å²) in [4.78, 5) is 14.5. The lowest BCUT2D eigenvalue weighted by Gasteiger charge is -2.28. The Morgan fingerprint density at radius 2 is 2.03 bits per heavy atom. The molecule has 1 amide bonds. The van der Waals surface area contributed by atoms with E-state index in [1.807, 2.05) is 4.68 Å². The Morgan fingerprint density at radius 1 is 1.13 bits per heavy atom. The van der Waals surface area contributed by atoms with Crippen LogP contribution in [0, 0.1) is 0 Å². The summed E-state index contributed by atoms with van der Waals surface area (Å²) in [5.74, 6) is 0.993. The van der Waals surface area contributed by atoms with Crippen molar-refractivity contribution in [3.05, 3.63) is 52.9 Å². The van der Waals surface area contributed by atoms with E-state index in [2.05, 4.69) is 56.1 Å². The Labute approximate surface area is 178 Å². The fourth-order valence-electron chi connectivity index (χ4n) is 4.37. The number of nitrogens with zero attached hydrogens (tertiary/aromatic N) is 5. The minimum atomic E-state index is 0.119. The molecular formula is C23H32N6O. The van der Waals surface area contributed by atoms with Gasteiger partial charge in [-0.25, -0.2) is 4.68 Å². The summed E-state index contributed by atoms with van der Waals surface area (Å²) in [6, 6.07) is 8.63. The van der Waals surface area contributed by atoms with E-state index in [0.717, 1.165) is 51.3 Å². The summed E-state index contributed by atoms with van der Waals surface area (Å²) in [6.07, 6.45) is 10.6. The van der Waals surface area contributed by atoms with Crippen molar-refractivity contribution in [3.63, 3.8) is 0 Å². The molecule has 0 fully saturated rings. The molecule has 0 saturated carbocycles.